The van der Waals surface area contributed by atoms with Crippen molar-refractivity contribution in [3.8, 4) is 11.5 Å². The van der Waals surface area contributed by atoms with E-state index in [2.05, 4.69) is 10.2 Å². The van der Waals surface area contributed by atoms with Gasteiger partial charge in [0.05, 0.1) is 7.11 Å². The number of hydrogen-bond donors (Lipinski definition) is 0. The summed E-state index contributed by atoms with van der Waals surface area (Å²) in [6.07, 6.45) is 0. The van der Waals surface area contributed by atoms with Gasteiger partial charge in [0.25, 0.3) is 0 Å². The number of halogens is 1. The van der Waals surface area contributed by atoms with Crippen molar-refractivity contribution in [3.05, 3.63) is 65.7 Å². The lowest BCUT2D eigenvalue weighted by Crippen LogP contribution is -2.07. The molecular weight excluding hydrogens is 353 g/mol. The molecule has 0 radical (unpaired) electrons. The van der Waals surface area contributed by atoms with Crippen molar-refractivity contribution in [2.75, 3.05) is 7.11 Å². The van der Waals surface area contributed by atoms with Crippen LogP contribution in [0.1, 0.15) is 18.3 Å². The van der Waals surface area contributed by atoms with E-state index in [4.69, 9.17) is 9.47 Å². The number of methoxy groups -OCH3 is 1. The monoisotopic (exact) mass is 373 g/mol. The second kappa shape index (κ2) is 8.71. The summed E-state index contributed by atoms with van der Waals surface area (Å²) in [6, 6.07) is 14.1. The average Bonchev–Trinajstić information content (AvgIpc) is 3.08. The summed E-state index contributed by atoms with van der Waals surface area (Å²) < 4.78 is 26.7. The maximum atomic E-state index is 13.8. The lowest BCUT2D eigenvalue weighted by Gasteiger charge is -2.09. The predicted octanol–water partition coefficient (Wildman–Crippen LogP) is 4.32. The van der Waals surface area contributed by atoms with E-state index in [1.165, 1.54) is 17.8 Å². The summed E-state index contributed by atoms with van der Waals surface area (Å²) in [6.45, 7) is 3.05. The summed E-state index contributed by atoms with van der Waals surface area (Å²) in [7, 11) is 1.63. The molecule has 0 atom stereocenters. The van der Waals surface area contributed by atoms with Gasteiger partial charge in [-0.05, 0) is 42.8 Å². The fourth-order valence-corrected chi connectivity index (χ4v) is 3.44. The number of aromatic nitrogens is 3. The van der Waals surface area contributed by atoms with Crippen molar-refractivity contribution in [1.29, 1.82) is 0 Å². The molecule has 0 saturated carbocycles. The van der Waals surface area contributed by atoms with Gasteiger partial charge in [-0.1, -0.05) is 30.0 Å². The molecule has 0 amide bonds. The third kappa shape index (κ3) is 4.35. The number of nitrogens with zero attached hydrogens (tertiary/aromatic N) is 3. The number of hydrogen-bond acceptors (Lipinski definition) is 5. The zero-order chi connectivity index (χ0) is 18.4. The van der Waals surface area contributed by atoms with Crippen molar-refractivity contribution < 1.29 is 13.9 Å². The summed E-state index contributed by atoms with van der Waals surface area (Å²) in [5, 5.41) is 9.20. The highest BCUT2D eigenvalue weighted by Crippen LogP contribution is 2.24. The SMILES string of the molecule is CCn1c(COc2ccc(OC)cc2)nnc1SCc1ccccc1F. The van der Waals surface area contributed by atoms with Crippen LogP contribution in [0.2, 0.25) is 0 Å². The Balaban J connectivity index is 1.64. The van der Waals surface area contributed by atoms with Crippen molar-refractivity contribution >= 4 is 11.8 Å². The Hall–Kier alpha value is -2.54. The smallest absolute Gasteiger partial charge is 0.191 e. The van der Waals surface area contributed by atoms with Crippen LogP contribution in [-0.2, 0) is 18.9 Å². The molecule has 0 fully saturated rings. The average molecular weight is 373 g/mol. The van der Waals surface area contributed by atoms with Gasteiger partial charge in [0, 0.05) is 12.3 Å². The first kappa shape index (κ1) is 18.3. The van der Waals surface area contributed by atoms with Gasteiger partial charge in [0.2, 0.25) is 0 Å². The summed E-state index contributed by atoms with van der Waals surface area (Å²) in [5.74, 6) is 2.55. The molecule has 1 aromatic heterocycles. The lowest BCUT2D eigenvalue weighted by molar-refractivity contribution is 0.287. The number of rotatable bonds is 8. The first-order valence-corrected chi connectivity index (χ1v) is 9.25. The van der Waals surface area contributed by atoms with E-state index in [-0.39, 0.29) is 5.82 Å². The zero-order valence-electron chi connectivity index (χ0n) is 14.7. The number of benzene rings is 2. The quantitative estimate of drug-likeness (QED) is 0.551. The molecular formula is C19H20FN3O2S. The van der Waals surface area contributed by atoms with Gasteiger partial charge in [-0.2, -0.15) is 0 Å². The van der Waals surface area contributed by atoms with Crippen LogP contribution in [0, 0.1) is 5.82 Å². The molecule has 1 heterocycles. The molecule has 0 saturated heterocycles. The molecule has 26 heavy (non-hydrogen) atoms. The standard InChI is InChI=1S/C19H20FN3O2S/c1-3-23-18(12-25-16-10-8-15(24-2)9-11-16)21-22-19(23)26-13-14-6-4-5-7-17(14)20/h4-11H,3,12-13H2,1-2H3. The van der Waals surface area contributed by atoms with Crippen LogP contribution in [0.15, 0.2) is 53.7 Å². The Bertz CT molecular complexity index is 852. The fraction of sp³-hybridized carbons (Fsp3) is 0.263. The molecule has 0 aliphatic heterocycles. The third-order valence-electron chi connectivity index (χ3n) is 3.85. The molecule has 7 heteroatoms. The highest BCUT2D eigenvalue weighted by atomic mass is 32.2. The number of thioether (sulfide) groups is 1. The maximum absolute atomic E-state index is 13.8. The molecule has 0 unspecified atom stereocenters. The molecule has 0 bridgehead atoms. The molecule has 136 valence electrons. The van der Waals surface area contributed by atoms with E-state index < -0.39 is 0 Å². The Kier molecular flexibility index (Phi) is 6.12. The minimum Gasteiger partial charge on any atom is -0.497 e. The minimum atomic E-state index is -0.203. The molecule has 5 nitrogen and oxygen atoms in total. The van der Waals surface area contributed by atoms with Gasteiger partial charge in [-0.25, -0.2) is 4.39 Å². The molecule has 3 aromatic rings. The van der Waals surface area contributed by atoms with Crippen LogP contribution in [0.5, 0.6) is 11.5 Å². The highest BCUT2D eigenvalue weighted by molar-refractivity contribution is 7.98. The first-order chi connectivity index (χ1) is 12.7. The fourth-order valence-electron chi connectivity index (χ4n) is 2.43. The van der Waals surface area contributed by atoms with Crippen LogP contribution in [0.25, 0.3) is 0 Å². The van der Waals surface area contributed by atoms with Gasteiger partial charge in [-0.3, -0.25) is 0 Å². The molecule has 0 aliphatic carbocycles. The Morgan fingerprint density at radius 3 is 2.46 bits per heavy atom. The molecule has 0 spiro atoms. The summed E-state index contributed by atoms with van der Waals surface area (Å²) in [4.78, 5) is 0. The van der Waals surface area contributed by atoms with Gasteiger partial charge < -0.3 is 14.0 Å². The Morgan fingerprint density at radius 2 is 1.77 bits per heavy atom. The molecule has 3 rings (SSSR count). The molecule has 0 N–H and O–H groups in total. The van der Waals surface area contributed by atoms with Crippen molar-refractivity contribution in [3.63, 3.8) is 0 Å². The molecule has 0 aliphatic rings. The van der Waals surface area contributed by atoms with E-state index in [1.54, 1.807) is 19.2 Å². The van der Waals surface area contributed by atoms with E-state index in [1.807, 2.05) is 41.8 Å². The van der Waals surface area contributed by atoms with E-state index in [0.29, 0.717) is 24.5 Å². The zero-order valence-corrected chi connectivity index (χ0v) is 15.5. The third-order valence-corrected chi connectivity index (χ3v) is 4.87. The minimum absolute atomic E-state index is 0.203. The summed E-state index contributed by atoms with van der Waals surface area (Å²) >= 11 is 1.46. The Morgan fingerprint density at radius 1 is 1.04 bits per heavy atom. The van der Waals surface area contributed by atoms with Crippen LogP contribution in [0.4, 0.5) is 4.39 Å². The first-order valence-electron chi connectivity index (χ1n) is 8.26. The predicted molar refractivity (Wildman–Crippen MR) is 99.0 cm³/mol. The van der Waals surface area contributed by atoms with Gasteiger partial charge >= 0.3 is 0 Å². The Labute approximate surface area is 156 Å². The van der Waals surface area contributed by atoms with E-state index in [0.717, 1.165) is 22.5 Å². The van der Waals surface area contributed by atoms with Crippen molar-refractivity contribution in [2.45, 2.75) is 31.0 Å². The number of ether oxygens (including phenoxy) is 2. The van der Waals surface area contributed by atoms with Crippen molar-refractivity contribution in [2.24, 2.45) is 0 Å². The second-order valence-corrected chi connectivity index (χ2v) is 6.43. The topological polar surface area (TPSA) is 49.2 Å². The van der Waals surface area contributed by atoms with Crippen molar-refractivity contribution in [1.82, 2.24) is 14.8 Å². The van der Waals surface area contributed by atoms with Gasteiger partial charge in [0.15, 0.2) is 11.0 Å². The highest BCUT2D eigenvalue weighted by Gasteiger charge is 2.13. The largest absolute Gasteiger partial charge is 0.497 e. The molecule has 2 aromatic carbocycles. The normalized spacial score (nSPS) is 10.7. The van der Waals surface area contributed by atoms with Crippen LogP contribution >= 0.6 is 11.8 Å². The maximum Gasteiger partial charge on any atom is 0.191 e. The second-order valence-electron chi connectivity index (χ2n) is 5.49. The summed E-state index contributed by atoms with van der Waals surface area (Å²) in [5.41, 5.74) is 0.652. The van der Waals surface area contributed by atoms with Crippen LogP contribution in [0.3, 0.4) is 0 Å². The van der Waals surface area contributed by atoms with Crippen LogP contribution < -0.4 is 9.47 Å². The van der Waals surface area contributed by atoms with Gasteiger partial charge in [-0.15, -0.1) is 10.2 Å². The van der Waals surface area contributed by atoms with E-state index in [9.17, 15) is 4.39 Å². The van der Waals surface area contributed by atoms with Crippen LogP contribution in [-0.4, -0.2) is 21.9 Å². The van der Waals surface area contributed by atoms with E-state index >= 15 is 0 Å². The van der Waals surface area contributed by atoms with Gasteiger partial charge in [0.1, 0.15) is 23.9 Å². The lowest BCUT2D eigenvalue weighted by atomic mass is 10.2.